The van der Waals surface area contributed by atoms with Crippen molar-refractivity contribution in [3.8, 4) is 0 Å². The predicted octanol–water partition coefficient (Wildman–Crippen LogP) is 4.57. The van der Waals surface area contributed by atoms with E-state index in [1.165, 1.54) is 27.5 Å². The van der Waals surface area contributed by atoms with Gasteiger partial charge in [0.05, 0.1) is 0 Å². The highest BCUT2D eigenvalue weighted by Gasteiger charge is 2.26. The smallest absolute Gasteiger partial charge is 0.0392 e. The molecule has 1 aliphatic heterocycles. The second-order valence-electron chi connectivity index (χ2n) is 6.02. The topological polar surface area (TPSA) is 3.24 Å². The molecule has 4 rings (SSSR count). The van der Waals surface area contributed by atoms with E-state index in [0.29, 0.717) is 6.04 Å². The van der Waals surface area contributed by atoms with Gasteiger partial charge in [-0.05, 0) is 40.9 Å². The van der Waals surface area contributed by atoms with Gasteiger partial charge in [0.2, 0.25) is 0 Å². The molecule has 0 unspecified atom stereocenters. The summed E-state index contributed by atoms with van der Waals surface area (Å²) in [5.41, 5.74) is 4.39. The van der Waals surface area contributed by atoms with Crippen LogP contribution in [0.25, 0.3) is 10.8 Å². The largest absolute Gasteiger partial charge is 0.295 e. The summed E-state index contributed by atoms with van der Waals surface area (Å²) in [5, 5.41) is 2.66. The fraction of sp³-hybridized carbons (Fsp3) is 0.200. The molecule has 0 bridgehead atoms. The maximum Gasteiger partial charge on any atom is 0.0392 e. The second-order valence-corrected chi connectivity index (χ2v) is 6.02. The van der Waals surface area contributed by atoms with Crippen LogP contribution in [0.2, 0.25) is 0 Å². The maximum atomic E-state index is 2.46. The molecule has 1 heterocycles. The van der Waals surface area contributed by atoms with Gasteiger partial charge in [0.15, 0.2) is 0 Å². The van der Waals surface area contributed by atoms with E-state index in [0.717, 1.165) is 13.0 Å². The molecule has 1 heteroatoms. The third-order valence-corrected chi connectivity index (χ3v) is 4.61. The third-order valence-electron chi connectivity index (χ3n) is 4.61. The zero-order valence-electron chi connectivity index (χ0n) is 12.3. The molecule has 0 fully saturated rings. The van der Waals surface area contributed by atoms with Gasteiger partial charge in [-0.15, -0.1) is 0 Å². The van der Waals surface area contributed by atoms with Crippen molar-refractivity contribution >= 4 is 10.8 Å². The highest BCUT2D eigenvalue weighted by Crippen LogP contribution is 2.34. The molecule has 1 atom stereocenters. The van der Waals surface area contributed by atoms with Gasteiger partial charge < -0.3 is 0 Å². The van der Waals surface area contributed by atoms with Crippen LogP contribution in [0.5, 0.6) is 0 Å². The Morgan fingerprint density at radius 3 is 2.57 bits per heavy atom. The Hall–Kier alpha value is -2.12. The summed E-state index contributed by atoms with van der Waals surface area (Å²) in [6.45, 7) is 1.06. The SMILES string of the molecule is CN1Cc2ccccc2[C@@H]1Cc1ccc2ccccc2c1. The summed E-state index contributed by atoms with van der Waals surface area (Å²) in [6, 6.07) is 24.8. The average Bonchev–Trinajstić information content (AvgIpc) is 2.83. The fourth-order valence-electron chi connectivity index (χ4n) is 3.47. The molecule has 1 aliphatic rings. The van der Waals surface area contributed by atoms with Crippen molar-refractivity contribution in [2.24, 2.45) is 0 Å². The Labute approximate surface area is 125 Å². The van der Waals surface area contributed by atoms with Gasteiger partial charge in [-0.2, -0.15) is 0 Å². The van der Waals surface area contributed by atoms with Crippen LogP contribution >= 0.6 is 0 Å². The number of likely N-dealkylation sites (N-methyl/N-ethyl adjacent to an activating group) is 1. The monoisotopic (exact) mass is 273 g/mol. The molecule has 0 amide bonds. The first-order valence-corrected chi connectivity index (χ1v) is 7.57. The molecule has 3 aromatic rings. The van der Waals surface area contributed by atoms with Crippen molar-refractivity contribution in [2.45, 2.75) is 19.0 Å². The van der Waals surface area contributed by atoms with Gasteiger partial charge in [-0.3, -0.25) is 4.90 Å². The number of fused-ring (bicyclic) bond motifs is 2. The first-order valence-electron chi connectivity index (χ1n) is 7.57. The van der Waals surface area contributed by atoms with Crippen molar-refractivity contribution in [3.63, 3.8) is 0 Å². The van der Waals surface area contributed by atoms with E-state index in [1.54, 1.807) is 0 Å². The van der Waals surface area contributed by atoms with Crippen molar-refractivity contribution < 1.29 is 0 Å². The standard InChI is InChI=1S/C20H19N/c1-21-14-18-8-4-5-9-19(18)20(21)13-15-10-11-16-6-2-3-7-17(16)12-15/h2-12,20H,13-14H2,1H3/t20-/m0/s1. The normalized spacial score (nSPS) is 18.0. The van der Waals surface area contributed by atoms with Crippen molar-refractivity contribution in [3.05, 3.63) is 83.4 Å². The highest BCUT2D eigenvalue weighted by molar-refractivity contribution is 5.83. The molecule has 0 spiro atoms. The lowest BCUT2D eigenvalue weighted by Gasteiger charge is -2.20. The molecule has 1 nitrogen and oxygen atoms in total. The van der Waals surface area contributed by atoms with Crippen LogP contribution < -0.4 is 0 Å². The average molecular weight is 273 g/mol. The molecule has 0 radical (unpaired) electrons. The zero-order chi connectivity index (χ0) is 14.2. The van der Waals surface area contributed by atoms with E-state index in [2.05, 4.69) is 78.7 Å². The molecule has 0 saturated heterocycles. The predicted molar refractivity (Wildman–Crippen MR) is 88.3 cm³/mol. The molecule has 0 aliphatic carbocycles. The minimum atomic E-state index is 0.502. The number of hydrogen-bond donors (Lipinski definition) is 0. The van der Waals surface area contributed by atoms with Crippen molar-refractivity contribution in [1.29, 1.82) is 0 Å². The Morgan fingerprint density at radius 1 is 0.905 bits per heavy atom. The number of nitrogens with zero attached hydrogens (tertiary/aromatic N) is 1. The molecule has 21 heavy (non-hydrogen) atoms. The van der Waals surface area contributed by atoms with E-state index >= 15 is 0 Å². The number of hydrogen-bond acceptors (Lipinski definition) is 1. The van der Waals surface area contributed by atoms with Gasteiger partial charge >= 0.3 is 0 Å². The summed E-state index contributed by atoms with van der Waals surface area (Å²) in [7, 11) is 2.23. The van der Waals surface area contributed by atoms with Gasteiger partial charge in [0.25, 0.3) is 0 Å². The lowest BCUT2D eigenvalue weighted by atomic mass is 9.97. The number of rotatable bonds is 2. The first kappa shape index (κ1) is 12.6. The third kappa shape index (κ3) is 2.24. The van der Waals surface area contributed by atoms with Crippen LogP contribution in [-0.2, 0) is 13.0 Å². The van der Waals surface area contributed by atoms with Crippen molar-refractivity contribution in [2.75, 3.05) is 7.05 Å². The fourth-order valence-corrected chi connectivity index (χ4v) is 3.47. The second kappa shape index (κ2) is 5.01. The molecule has 0 N–H and O–H groups in total. The van der Waals surface area contributed by atoms with Crippen LogP contribution in [0.15, 0.2) is 66.7 Å². The molecular formula is C20H19N. The van der Waals surface area contributed by atoms with Crippen LogP contribution in [0.3, 0.4) is 0 Å². The first-order chi connectivity index (χ1) is 10.3. The number of benzene rings is 3. The van der Waals surface area contributed by atoms with Crippen LogP contribution in [0.1, 0.15) is 22.7 Å². The van der Waals surface area contributed by atoms with E-state index in [4.69, 9.17) is 0 Å². The van der Waals surface area contributed by atoms with E-state index in [1.807, 2.05) is 0 Å². The molecule has 3 aromatic carbocycles. The Bertz CT molecular complexity index is 790. The lowest BCUT2D eigenvalue weighted by molar-refractivity contribution is 0.267. The zero-order valence-corrected chi connectivity index (χ0v) is 12.3. The summed E-state index contributed by atoms with van der Waals surface area (Å²) in [4.78, 5) is 2.46. The maximum absolute atomic E-state index is 2.46. The molecule has 0 saturated carbocycles. The van der Waals surface area contributed by atoms with Crippen LogP contribution in [-0.4, -0.2) is 11.9 Å². The molecular weight excluding hydrogens is 254 g/mol. The van der Waals surface area contributed by atoms with Crippen LogP contribution in [0, 0.1) is 0 Å². The lowest BCUT2D eigenvalue weighted by Crippen LogP contribution is -2.18. The highest BCUT2D eigenvalue weighted by atomic mass is 15.1. The van der Waals surface area contributed by atoms with Gasteiger partial charge in [0, 0.05) is 12.6 Å². The molecule has 0 aromatic heterocycles. The van der Waals surface area contributed by atoms with E-state index < -0.39 is 0 Å². The minimum absolute atomic E-state index is 0.502. The molecule has 104 valence electrons. The Morgan fingerprint density at radius 2 is 1.67 bits per heavy atom. The summed E-state index contributed by atoms with van der Waals surface area (Å²) in [6.07, 6.45) is 1.08. The van der Waals surface area contributed by atoms with E-state index in [9.17, 15) is 0 Å². The Balaban J connectivity index is 1.68. The minimum Gasteiger partial charge on any atom is -0.295 e. The van der Waals surface area contributed by atoms with E-state index in [-0.39, 0.29) is 0 Å². The Kier molecular flexibility index (Phi) is 3.01. The van der Waals surface area contributed by atoms with Gasteiger partial charge in [-0.25, -0.2) is 0 Å². The van der Waals surface area contributed by atoms with Crippen molar-refractivity contribution in [1.82, 2.24) is 4.90 Å². The van der Waals surface area contributed by atoms with Crippen LogP contribution in [0.4, 0.5) is 0 Å². The summed E-state index contributed by atoms with van der Waals surface area (Å²) >= 11 is 0. The van der Waals surface area contributed by atoms with Gasteiger partial charge in [-0.1, -0.05) is 66.7 Å². The quantitative estimate of drug-likeness (QED) is 0.661. The van der Waals surface area contributed by atoms with Gasteiger partial charge in [0.1, 0.15) is 0 Å². The summed E-state index contributed by atoms with van der Waals surface area (Å²) in [5.74, 6) is 0. The summed E-state index contributed by atoms with van der Waals surface area (Å²) < 4.78 is 0.